The van der Waals surface area contributed by atoms with Crippen LogP contribution in [-0.4, -0.2) is 21.6 Å². The van der Waals surface area contributed by atoms with E-state index >= 15 is 0 Å². The molecule has 1 N–H and O–H groups in total. The fourth-order valence-electron chi connectivity index (χ4n) is 3.51. The van der Waals surface area contributed by atoms with E-state index in [9.17, 15) is 9.32 Å². The molecule has 4 heteroatoms. The maximum atomic E-state index is 14.0. The lowest BCUT2D eigenvalue weighted by Gasteiger charge is -2.30. The van der Waals surface area contributed by atoms with Crippen LogP contribution in [-0.2, 0) is 9.73 Å². The number of aliphatic hydroxyl groups excluding tert-OH is 1. The fraction of sp³-hybridized carbons (Fsp3) is 0.333. The zero-order chi connectivity index (χ0) is 17.7. The van der Waals surface area contributed by atoms with Crippen molar-refractivity contribution in [1.82, 2.24) is 0 Å². The van der Waals surface area contributed by atoms with E-state index in [1.807, 2.05) is 60.7 Å². The van der Waals surface area contributed by atoms with Crippen LogP contribution in [0.2, 0.25) is 0 Å². The van der Waals surface area contributed by atoms with Gasteiger partial charge in [0.2, 0.25) is 0 Å². The molecule has 1 unspecified atom stereocenters. The first-order valence-electron chi connectivity index (χ1n) is 8.78. The summed E-state index contributed by atoms with van der Waals surface area (Å²) in [6.07, 6.45) is 5.37. The van der Waals surface area contributed by atoms with Crippen molar-refractivity contribution in [1.29, 1.82) is 0 Å². The Morgan fingerprint density at radius 3 is 2.20 bits per heavy atom. The summed E-state index contributed by atoms with van der Waals surface area (Å²) in [5.41, 5.74) is 1.85. The average Bonchev–Trinajstić information content (AvgIpc) is 2.70. The summed E-state index contributed by atoms with van der Waals surface area (Å²) in [6, 6.07) is 18.9. The molecule has 0 amide bonds. The highest BCUT2D eigenvalue weighted by Crippen LogP contribution is 2.37. The molecule has 2 aromatic carbocycles. The van der Waals surface area contributed by atoms with Crippen LogP contribution in [0.4, 0.5) is 0 Å². The van der Waals surface area contributed by atoms with Gasteiger partial charge in [0.05, 0.1) is 21.1 Å². The highest BCUT2D eigenvalue weighted by Gasteiger charge is 2.35. The van der Waals surface area contributed by atoms with Gasteiger partial charge >= 0.3 is 0 Å². The highest BCUT2D eigenvalue weighted by molar-refractivity contribution is 7.94. The second-order valence-corrected chi connectivity index (χ2v) is 8.85. The number of aliphatic hydroxyl groups is 1. The van der Waals surface area contributed by atoms with Crippen LogP contribution in [0, 0.1) is 0 Å². The van der Waals surface area contributed by atoms with E-state index in [2.05, 4.69) is 10.4 Å². The summed E-state index contributed by atoms with van der Waals surface area (Å²) in [5, 5.41) is 10.7. The van der Waals surface area contributed by atoms with Crippen molar-refractivity contribution < 1.29 is 9.32 Å². The number of benzene rings is 2. The number of nitrogens with zero attached hydrogens (tertiary/aromatic N) is 1. The fourth-order valence-corrected chi connectivity index (χ4v) is 5.92. The largest absolute Gasteiger partial charge is 0.387 e. The molecular formula is C21H25NO2S. The smallest absolute Gasteiger partial charge is 0.0984 e. The molecule has 132 valence electrons. The SMILES string of the molecule is CN=S(=O)(c1ccccc1)[C@H](C1=CCCCC1)[C@H](O)c1ccccc1. The Bertz CT molecular complexity index is 837. The number of allylic oxidation sites excluding steroid dienone is 1. The van der Waals surface area contributed by atoms with Crippen LogP contribution >= 0.6 is 0 Å². The van der Waals surface area contributed by atoms with Gasteiger partial charge < -0.3 is 5.11 Å². The number of hydrogen-bond acceptors (Lipinski definition) is 3. The Morgan fingerprint density at radius 2 is 1.64 bits per heavy atom. The summed E-state index contributed by atoms with van der Waals surface area (Å²) in [4.78, 5) is 0.684. The third-order valence-electron chi connectivity index (χ3n) is 4.82. The molecule has 0 bridgehead atoms. The van der Waals surface area contributed by atoms with Gasteiger partial charge in [-0.25, -0.2) is 8.57 Å². The first kappa shape index (κ1) is 17.9. The van der Waals surface area contributed by atoms with Gasteiger partial charge in [-0.15, -0.1) is 0 Å². The Balaban J connectivity index is 2.14. The van der Waals surface area contributed by atoms with Crippen molar-refractivity contribution in [3.63, 3.8) is 0 Å². The normalized spacial score (nSPS) is 19.4. The van der Waals surface area contributed by atoms with Crippen molar-refractivity contribution in [2.75, 3.05) is 7.05 Å². The quantitative estimate of drug-likeness (QED) is 0.787. The molecule has 25 heavy (non-hydrogen) atoms. The lowest BCUT2D eigenvalue weighted by atomic mass is 9.92. The van der Waals surface area contributed by atoms with Gasteiger partial charge in [0, 0.05) is 11.9 Å². The average molecular weight is 356 g/mol. The molecule has 3 atom stereocenters. The minimum absolute atomic E-state index is 0.525. The summed E-state index contributed by atoms with van der Waals surface area (Å²) in [5.74, 6) is 0. The predicted octanol–water partition coefficient (Wildman–Crippen LogP) is 4.75. The number of rotatable bonds is 5. The van der Waals surface area contributed by atoms with Crippen LogP contribution in [0.1, 0.15) is 37.4 Å². The van der Waals surface area contributed by atoms with Gasteiger partial charge in [0.15, 0.2) is 0 Å². The van der Waals surface area contributed by atoms with Crippen LogP contribution in [0.15, 0.2) is 81.6 Å². The molecular weight excluding hydrogens is 330 g/mol. The van der Waals surface area contributed by atoms with E-state index in [4.69, 9.17) is 0 Å². The van der Waals surface area contributed by atoms with Crippen molar-refractivity contribution >= 4 is 9.73 Å². The lowest BCUT2D eigenvalue weighted by molar-refractivity contribution is 0.180. The van der Waals surface area contributed by atoms with Gasteiger partial charge in [-0.05, 0) is 43.4 Å². The maximum absolute atomic E-state index is 14.0. The maximum Gasteiger partial charge on any atom is 0.0984 e. The highest BCUT2D eigenvalue weighted by atomic mass is 32.2. The third kappa shape index (κ3) is 3.70. The molecule has 0 fully saturated rings. The van der Waals surface area contributed by atoms with Crippen molar-refractivity contribution in [2.45, 2.75) is 41.9 Å². The first-order chi connectivity index (χ1) is 12.2. The van der Waals surface area contributed by atoms with E-state index in [-0.39, 0.29) is 0 Å². The standard InChI is InChI=1S/C21H25NO2S/c1-22-25(24,19-15-9-4-10-16-19)21(18-13-7-3-8-14-18)20(23)17-11-5-2-6-12-17/h2,4-6,9-13,15-16,20-21,23H,3,7-8,14H2,1H3/t20-,21-,25?/m1/s1. The second kappa shape index (κ2) is 7.98. The second-order valence-electron chi connectivity index (χ2n) is 6.37. The van der Waals surface area contributed by atoms with Gasteiger partial charge in [0.1, 0.15) is 0 Å². The van der Waals surface area contributed by atoms with Gasteiger partial charge in [-0.3, -0.25) is 0 Å². The van der Waals surface area contributed by atoms with Crippen LogP contribution in [0.5, 0.6) is 0 Å². The van der Waals surface area contributed by atoms with Gasteiger partial charge in [-0.1, -0.05) is 60.2 Å². The summed E-state index contributed by atoms with van der Waals surface area (Å²) < 4.78 is 18.3. The molecule has 1 aliphatic rings. The molecule has 0 radical (unpaired) electrons. The molecule has 0 aliphatic heterocycles. The Hall–Kier alpha value is -1.91. The summed E-state index contributed by atoms with van der Waals surface area (Å²) >= 11 is 0. The van der Waals surface area contributed by atoms with Crippen LogP contribution in [0.25, 0.3) is 0 Å². The molecule has 0 aromatic heterocycles. The van der Waals surface area contributed by atoms with E-state index in [1.54, 1.807) is 7.05 Å². The molecule has 0 spiro atoms. The molecule has 3 rings (SSSR count). The van der Waals surface area contributed by atoms with Crippen molar-refractivity contribution in [2.24, 2.45) is 4.36 Å². The Morgan fingerprint density at radius 1 is 1.00 bits per heavy atom. The van der Waals surface area contributed by atoms with Gasteiger partial charge in [-0.2, -0.15) is 0 Å². The van der Waals surface area contributed by atoms with Crippen molar-refractivity contribution in [3.05, 3.63) is 77.9 Å². The van der Waals surface area contributed by atoms with E-state index in [0.717, 1.165) is 36.8 Å². The lowest BCUT2D eigenvalue weighted by Crippen LogP contribution is -2.31. The third-order valence-corrected chi connectivity index (χ3v) is 7.55. The van der Waals surface area contributed by atoms with E-state index < -0.39 is 21.1 Å². The Kier molecular flexibility index (Phi) is 5.71. The van der Waals surface area contributed by atoms with E-state index in [0.29, 0.717) is 4.90 Å². The molecule has 3 nitrogen and oxygen atoms in total. The summed E-state index contributed by atoms with van der Waals surface area (Å²) in [7, 11) is -1.19. The van der Waals surface area contributed by atoms with Crippen molar-refractivity contribution in [3.8, 4) is 0 Å². The first-order valence-corrected chi connectivity index (χ1v) is 10.4. The van der Waals surface area contributed by atoms with Crippen LogP contribution < -0.4 is 0 Å². The molecule has 0 saturated carbocycles. The summed E-state index contributed by atoms with van der Waals surface area (Å²) in [6.45, 7) is 0. The Labute approximate surface area is 150 Å². The topological polar surface area (TPSA) is 49.7 Å². The molecule has 0 heterocycles. The minimum Gasteiger partial charge on any atom is -0.387 e. The molecule has 2 aromatic rings. The minimum atomic E-state index is -2.79. The van der Waals surface area contributed by atoms with Crippen LogP contribution in [0.3, 0.4) is 0 Å². The zero-order valence-electron chi connectivity index (χ0n) is 14.5. The van der Waals surface area contributed by atoms with Gasteiger partial charge in [0.25, 0.3) is 0 Å². The monoisotopic (exact) mass is 355 g/mol. The van der Waals surface area contributed by atoms with E-state index in [1.165, 1.54) is 0 Å². The zero-order valence-corrected chi connectivity index (χ0v) is 15.4. The molecule has 1 aliphatic carbocycles. The molecule has 0 saturated heterocycles. The predicted molar refractivity (Wildman–Crippen MR) is 103 cm³/mol. The number of hydrogen-bond donors (Lipinski definition) is 1.